The van der Waals surface area contributed by atoms with E-state index in [1.165, 1.54) is 0 Å². The molecule has 0 N–H and O–H groups in total. The van der Waals surface area contributed by atoms with E-state index in [9.17, 15) is 5.26 Å². The molecule has 0 saturated carbocycles. The second kappa shape index (κ2) is 5.49. The summed E-state index contributed by atoms with van der Waals surface area (Å²) in [5, 5.41) is 9.69. The zero-order valence-corrected chi connectivity index (χ0v) is 12.0. The summed E-state index contributed by atoms with van der Waals surface area (Å²) in [6.45, 7) is 0.428. The van der Waals surface area contributed by atoms with Gasteiger partial charge in [0.25, 0.3) is 0 Å². The Morgan fingerprint density at radius 2 is 2.10 bits per heavy atom. The van der Waals surface area contributed by atoms with Gasteiger partial charge in [-0.05, 0) is 42.2 Å². The Morgan fingerprint density at radius 3 is 2.90 bits per heavy atom. The van der Waals surface area contributed by atoms with Gasteiger partial charge >= 0.3 is 0 Å². The van der Waals surface area contributed by atoms with Crippen LogP contribution in [0.15, 0.2) is 48.5 Å². The summed E-state index contributed by atoms with van der Waals surface area (Å²) < 4.78 is 11.1. The zero-order chi connectivity index (χ0) is 14.7. The fraction of sp³-hybridized carbons (Fsp3) is 0.278. The minimum atomic E-state index is -0.513. The summed E-state index contributed by atoms with van der Waals surface area (Å²) in [4.78, 5) is 0. The number of para-hydroxylation sites is 1. The third kappa shape index (κ3) is 2.71. The van der Waals surface area contributed by atoms with Gasteiger partial charge in [-0.1, -0.05) is 30.3 Å². The van der Waals surface area contributed by atoms with Crippen molar-refractivity contribution in [3.63, 3.8) is 0 Å². The number of benzene rings is 2. The molecule has 1 aliphatic rings. The van der Waals surface area contributed by atoms with Crippen LogP contribution in [0.5, 0.6) is 11.5 Å². The number of rotatable bonds is 3. The fourth-order valence-corrected chi connectivity index (χ4v) is 2.82. The highest BCUT2D eigenvalue weighted by molar-refractivity contribution is 5.39. The summed E-state index contributed by atoms with van der Waals surface area (Å²) in [5.74, 6) is 1.71. The van der Waals surface area contributed by atoms with Crippen molar-refractivity contribution >= 4 is 0 Å². The number of ether oxygens (including phenoxy) is 2. The summed E-state index contributed by atoms with van der Waals surface area (Å²) in [6.07, 6.45) is 1.38. The van der Waals surface area contributed by atoms with Crippen LogP contribution in [-0.4, -0.2) is 13.7 Å². The van der Waals surface area contributed by atoms with Crippen LogP contribution in [0, 0.1) is 16.7 Å². The molecule has 0 fully saturated rings. The molecule has 0 aromatic heterocycles. The van der Waals surface area contributed by atoms with Gasteiger partial charge in [0.15, 0.2) is 0 Å². The van der Waals surface area contributed by atoms with E-state index in [0.717, 1.165) is 29.0 Å². The van der Waals surface area contributed by atoms with Crippen molar-refractivity contribution in [3.05, 3.63) is 59.7 Å². The highest BCUT2D eigenvalue weighted by Crippen LogP contribution is 2.36. The molecule has 1 atom stereocenters. The van der Waals surface area contributed by atoms with E-state index in [0.29, 0.717) is 13.0 Å². The first-order valence-corrected chi connectivity index (χ1v) is 7.00. The highest BCUT2D eigenvalue weighted by atomic mass is 16.5. The van der Waals surface area contributed by atoms with Crippen LogP contribution >= 0.6 is 0 Å². The molecular formula is C18H17NO2. The topological polar surface area (TPSA) is 42.2 Å². The third-order valence-electron chi connectivity index (χ3n) is 3.92. The lowest BCUT2D eigenvalue weighted by Crippen LogP contribution is -2.35. The number of fused-ring (bicyclic) bond motifs is 1. The van der Waals surface area contributed by atoms with E-state index in [4.69, 9.17) is 9.47 Å². The average Bonchev–Trinajstić information content (AvgIpc) is 2.55. The Kier molecular flexibility index (Phi) is 3.53. The van der Waals surface area contributed by atoms with Crippen molar-refractivity contribution in [2.75, 3.05) is 13.7 Å². The molecule has 2 aromatic carbocycles. The molecule has 0 radical (unpaired) electrons. The Bertz CT molecular complexity index is 690. The normalized spacial score (nSPS) is 20.0. The molecule has 1 heterocycles. The lowest BCUT2D eigenvalue weighted by molar-refractivity contribution is 0.169. The van der Waals surface area contributed by atoms with Crippen molar-refractivity contribution in [1.82, 2.24) is 0 Å². The number of hydrogen-bond acceptors (Lipinski definition) is 3. The van der Waals surface area contributed by atoms with Crippen LogP contribution in [0.2, 0.25) is 0 Å². The fourth-order valence-electron chi connectivity index (χ4n) is 2.82. The van der Waals surface area contributed by atoms with Gasteiger partial charge in [0.05, 0.1) is 18.6 Å². The third-order valence-corrected chi connectivity index (χ3v) is 3.92. The van der Waals surface area contributed by atoms with E-state index < -0.39 is 5.41 Å². The molecule has 2 aromatic rings. The van der Waals surface area contributed by atoms with Crippen LogP contribution < -0.4 is 9.47 Å². The van der Waals surface area contributed by atoms with Crippen molar-refractivity contribution in [1.29, 1.82) is 5.26 Å². The number of hydrogen-bond donors (Lipinski definition) is 0. The molecule has 3 heteroatoms. The Labute approximate surface area is 124 Å². The molecule has 0 amide bonds. The molecule has 3 nitrogen and oxygen atoms in total. The van der Waals surface area contributed by atoms with E-state index in [-0.39, 0.29) is 0 Å². The minimum absolute atomic E-state index is 0.428. The maximum atomic E-state index is 9.69. The SMILES string of the molecule is COc1cccc(CC2(C#N)COc3ccccc3C2)c1. The van der Waals surface area contributed by atoms with Crippen LogP contribution in [0.1, 0.15) is 11.1 Å². The predicted octanol–water partition coefficient (Wildman–Crippen LogP) is 3.38. The lowest BCUT2D eigenvalue weighted by atomic mass is 9.77. The molecular weight excluding hydrogens is 262 g/mol. The largest absolute Gasteiger partial charge is 0.497 e. The quantitative estimate of drug-likeness (QED) is 0.865. The molecule has 0 aliphatic carbocycles. The van der Waals surface area contributed by atoms with Crippen molar-refractivity contribution in [3.8, 4) is 17.6 Å². The second-order valence-corrected chi connectivity index (χ2v) is 5.49. The van der Waals surface area contributed by atoms with Crippen LogP contribution in [0.4, 0.5) is 0 Å². The highest BCUT2D eigenvalue weighted by Gasteiger charge is 2.36. The van der Waals surface area contributed by atoms with Crippen LogP contribution in [-0.2, 0) is 12.8 Å². The Hall–Kier alpha value is -2.47. The zero-order valence-electron chi connectivity index (χ0n) is 12.0. The second-order valence-electron chi connectivity index (χ2n) is 5.49. The first-order chi connectivity index (χ1) is 10.2. The molecule has 21 heavy (non-hydrogen) atoms. The van der Waals surface area contributed by atoms with Crippen molar-refractivity contribution < 1.29 is 9.47 Å². The number of nitriles is 1. The van der Waals surface area contributed by atoms with E-state index in [2.05, 4.69) is 6.07 Å². The Balaban J connectivity index is 1.87. The molecule has 3 rings (SSSR count). The smallest absolute Gasteiger partial charge is 0.122 e. The summed E-state index contributed by atoms with van der Waals surface area (Å²) in [6, 6.07) is 18.3. The maximum Gasteiger partial charge on any atom is 0.122 e. The van der Waals surface area contributed by atoms with Gasteiger partial charge in [-0.15, -0.1) is 0 Å². The average molecular weight is 279 g/mol. The van der Waals surface area contributed by atoms with Gasteiger partial charge in [-0.25, -0.2) is 0 Å². The molecule has 0 spiro atoms. The van der Waals surface area contributed by atoms with Crippen LogP contribution in [0.25, 0.3) is 0 Å². The first kappa shape index (κ1) is 13.5. The molecule has 1 unspecified atom stereocenters. The van der Waals surface area contributed by atoms with Gasteiger partial charge < -0.3 is 9.47 Å². The molecule has 106 valence electrons. The van der Waals surface area contributed by atoms with Gasteiger partial charge in [-0.3, -0.25) is 0 Å². The molecule has 0 saturated heterocycles. The predicted molar refractivity (Wildman–Crippen MR) is 80.4 cm³/mol. The van der Waals surface area contributed by atoms with Gasteiger partial charge in [0.1, 0.15) is 18.1 Å². The van der Waals surface area contributed by atoms with Gasteiger partial charge in [0.2, 0.25) is 0 Å². The summed E-state index contributed by atoms with van der Waals surface area (Å²) in [5.41, 5.74) is 1.69. The van der Waals surface area contributed by atoms with Crippen molar-refractivity contribution in [2.24, 2.45) is 5.41 Å². The van der Waals surface area contributed by atoms with Gasteiger partial charge in [-0.2, -0.15) is 5.26 Å². The molecule has 0 bridgehead atoms. The summed E-state index contributed by atoms with van der Waals surface area (Å²) >= 11 is 0. The van der Waals surface area contributed by atoms with E-state index in [1.807, 2.05) is 48.5 Å². The maximum absolute atomic E-state index is 9.69. The van der Waals surface area contributed by atoms with Gasteiger partial charge in [0, 0.05) is 0 Å². The number of methoxy groups -OCH3 is 1. The minimum Gasteiger partial charge on any atom is -0.497 e. The first-order valence-electron chi connectivity index (χ1n) is 7.00. The standard InChI is InChI=1S/C18H17NO2/c1-20-16-7-4-5-14(9-16)10-18(12-19)11-15-6-2-3-8-17(15)21-13-18/h2-9H,10-11,13H2,1H3. The molecule has 1 aliphatic heterocycles. The van der Waals surface area contributed by atoms with Crippen LogP contribution in [0.3, 0.4) is 0 Å². The lowest BCUT2D eigenvalue weighted by Gasteiger charge is -2.32. The van der Waals surface area contributed by atoms with E-state index in [1.54, 1.807) is 7.11 Å². The van der Waals surface area contributed by atoms with Crippen molar-refractivity contribution in [2.45, 2.75) is 12.8 Å². The Morgan fingerprint density at radius 1 is 1.24 bits per heavy atom. The monoisotopic (exact) mass is 279 g/mol. The number of nitrogens with zero attached hydrogens (tertiary/aromatic N) is 1. The summed E-state index contributed by atoms with van der Waals surface area (Å²) in [7, 11) is 1.65. The van der Waals surface area contributed by atoms with E-state index >= 15 is 0 Å².